The van der Waals surface area contributed by atoms with Crippen molar-refractivity contribution < 1.29 is 0 Å². The summed E-state index contributed by atoms with van der Waals surface area (Å²) in [6, 6.07) is 67.0. The fraction of sp³-hybridized carbons (Fsp3) is 0.229. The highest BCUT2D eigenvalue weighted by molar-refractivity contribution is 7.72. The van der Waals surface area contributed by atoms with Gasteiger partial charge in [0, 0.05) is 23.9 Å². The van der Waals surface area contributed by atoms with Gasteiger partial charge in [-0.3, -0.25) is 0 Å². The Morgan fingerprint density at radius 1 is 0.549 bits per heavy atom. The van der Waals surface area contributed by atoms with Crippen molar-refractivity contribution in [1.29, 1.82) is 0 Å². The fourth-order valence-corrected chi connectivity index (χ4v) is 13.7. The lowest BCUT2D eigenvalue weighted by molar-refractivity contribution is 0.676. The van der Waals surface area contributed by atoms with Gasteiger partial charge in [-0.05, 0) is 152 Å². The molecular weight excluding hydrogens is 872 g/mol. The Balaban J connectivity index is 1.35. The first-order chi connectivity index (χ1) is 35.0. The van der Waals surface area contributed by atoms with Gasteiger partial charge in [0.2, 0.25) is 0 Å². The number of hydrogen-bond donors (Lipinski definition) is 0. The van der Waals surface area contributed by atoms with Gasteiger partial charge in [-0.15, -0.1) is 0 Å². The lowest BCUT2D eigenvalue weighted by Crippen LogP contribution is -2.17. The Morgan fingerprint density at radius 3 is 1.54 bits per heavy atom. The van der Waals surface area contributed by atoms with Crippen molar-refractivity contribution in [1.82, 2.24) is 0 Å². The molecule has 0 radical (unpaired) electrons. The van der Waals surface area contributed by atoms with Crippen LogP contribution in [0.1, 0.15) is 108 Å². The van der Waals surface area contributed by atoms with Gasteiger partial charge in [-0.25, -0.2) is 0 Å². The van der Waals surface area contributed by atoms with Crippen LogP contribution >= 0.6 is 7.92 Å². The van der Waals surface area contributed by atoms with Crippen molar-refractivity contribution in [3.05, 3.63) is 297 Å². The molecule has 71 heavy (non-hydrogen) atoms. The lowest BCUT2D eigenvalue weighted by Gasteiger charge is -2.31. The van der Waals surface area contributed by atoms with Crippen molar-refractivity contribution in [3.8, 4) is 11.1 Å². The standard InChI is InChI=1S/C70H71P/c1-5-7-29-54(6-2)66(55-30-15-8-16-31-55)48-60-44-52(3)45-61(49-67(56-32-17-9-18-33-56)57-34-19-10-20-35-57)69(60)70-62(50-68(58-36-21-11-22-37-58)59-38-23-12-24-39-59)46-53(4)47-63(70)51-71(64-40-25-13-26-41-64)65-42-27-14-28-43-65/h6-11,13-15,17-23,25-30,32-47,66-68H,5,12,16,24,31,48-51H2,1-4H3/b29-7-,54-6+. The van der Waals surface area contributed by atoms with Crippen molar-refractivity contribution in [2.75, 3.05) is 0 Å². The highest BCUT2D eigenvalue weighted by atomic mass is 31.1. The summed E-state index contributed by atoms with van der Waals surface area (Å²) in [6.45, 7) is 9.19. The van der Waals surface area contributed by atoms with Crippen LogP contribution in [0.25, 0.3) is 11.1 Å². The molecule has 0 saturated carbocycles. The van der Waals surface area contributed by atoms with E-state index in [1.165, 1.54) is 88.5 Å². The molecule has 0 heterocycles. The van der Waals surface area contributed by atoms with Gasteiger partial charge in [-0.2, -0.15) is 0 Å². The molecule has 9 rings (SSSR count). The summed E-state index contributed by atoms with van der Waals surface area (Å²) in [4.78, 5) is 0. The van der Waals surface area contributed by atoms with Gasteiger partial charge in [0.05, 0.1) is 0 Å². The summed E-state index contributed by atoms with van der Waals surface area (Å²) in [7, 11) is -0.754. The molecule has 0 spiro atoms. The molecule has 2 aliphatic rings. The van der Waals surface area contributed by atoms with Crippen LogP contribution in [0, 0.1) is 19.8 Å². The lowest BCUT2D eigenvalue weighted by atomic mass is 9.75. The third-order valence-electron chi connectivity index (χ3n) is 14.7. The first-order valence-corrected chi connectivity index (χ1v) is 27.8. The molecule has 0 amide bonds. The van der Waals surface area contributed by atoms with E-state index in [1.807, 2.05) is 0 Å². The zero-order valence-electron chi connectivity index (χ0n) is 42.5. The molecule has 1 heteroatoms. The third-order valence-corrected chi connectivity index (χ3v) is 17.2. The summed E-state index contributed by atoms with van der Waals surface area (Å²) in [5, 5.41) is 2.83. The number of hydrogen-bond acceptors (Lipinski definition) is 0. The average molecular weight is 943 g/mol. The van der Waals surface area contributed by atoms with Gasteiger partial charge >= 0.3 is 0 Å². The van der Waals surface area contributed by atoms with Crippen LogP contribution in [0.4, 0.5) is 0 Å². The molecule has 0 fully saturated rings. The summed E-state index contributed by atoms with van der Waals surface area (Å²) < 4.78 is 0. The number of rotatable bonds is 19. The van der Waals surface area contributed by atoms with Gasteiger partial charge in [0.15, 0.2) is 0 Å². The molecule has 0 saturated heterocycles. The molecule has 0 N–H and O–H groups in total. The zero-order valence-corrected chi connectivity index (χ0v) is 43.4. The molecule has 2 unspecified atom stereocenters. The average Bonchev–Trinajstić information content (AvgIpc) is 3.42. The molecule has 0 bridgehead atoms. The summed E-state index contributed by atoms with van der Waals surface area (Å²) >= 11 is 0. The highest BCUT2D eigenvalue weighted by Crippen LogP contribution is 2.48. The van der Waals surface area contributed by atoms with Gasteiger partial charge < -0.3 is 0 Å². The smallest absolute Gasteiger partial charge is 0.0130 e. The van der Waals surface area contributed by atoms with E-state index in [0.717, 1.165) is 57.5 Å². The normalized spacial score (nSPS) is 14.8. The van der Waals surface area contributed by atoms with Crippen molar-refractivity contribution in [3.63, 3.8) is 0 Å². The monoisotopic (exact) mass is 943 g/mol. The van der Waals surface area contributed by atoms with Crippen LogP contribution in [0.2, 0.25) is 0 Å². The fourth-order valence-electron chi connectivity index (χ4n) is 11.4. The third kappa shape index (κ3) is 12.3. The molecule has 7 aromatic carbocycles. The van der Waals surface area contributed by atoms with Crippen LogP contribution in [-0.4, -0.2) is 0 Å². The Morgan fingerprint density at radius 2 is 1.04 bits per heavy atom. The first-order valence-electron chi connectivity index (χ1n) is 26.3. The number of benzene rings is 7. The van der Waals surface area contributed by atoms with E-state index in [4.69, 9.17) is 0 Å². The molecule has 0 aliphatic heterocycles. The minimum absolute atomic E-state index is 0.170. The van der Waals surface area contributed by atoms with Crippen LogP contribution in [0.15, 0.2) is 247 Å². The molecular formula is C70H71P. The second-order valence-electron chi connectivity index (χ2n) is 19.7. The van der Waals surface area contributed by atoms with E-state index in [9.17, 15) is 0 Å². The number of allylic oxidation sites excluding steroid dienone is 12. The van der Waals surface area contributed by atoms with E-state index >= 15 is 0 Å². The summed E-state index contributed by atoms with van der Waals surface area (Å²) in [5.41, 5.74) is 19.8. The maximum Gasteiger partial charge on any atom is 0.0130 e. The van der Waals surface area contributed by atoms with Crippen molar-refractivity contribution in [2.24, 2.45) is 5.92 Å². The summed E-state index contributed by atoms with van der Waals surface area (Å²) in [6.07, 6.45) is 30.6. The molecule has 0 aromatic heterocycles. The van der Waals surface area contributed by atoms with Crippen LogP contribution in [0.3, 0.4) is 0 Å². The van der Waals surface area contributed by atoms with Gasteiger partial charge in [-0.1, -0.05) is 254 Å². The summed E-state index contributed by atoms with van der Waals surface area (Å²) in [5.74, 6) is 0.632. The quantitative estimate of drug-likeness (QED) is 0.0560. The highest BCUT2D eigenvalue weighted by Gasteiger charge is 2.29. The van der Waals surface area contributed by atoms with E-state index in [-0.39, 0.29) is 17.8 Å². The predicted molar refractivity (Wildman–Crippen MR) is 309 cm³/mol. The second kappa shape index (κ2) is 24.5. The Labute approximate surface area is 427 Å². The first kappa shape index (κ1) is 49.4. The maximum atomic E-state index is 2.58. The Kier molecular flexibility index (Phi) is 17.0. The van der Waals surface area contributed by atoms with Gasteiger partial charge in [0.1, 0.15) is 0 Å². The molecule has 2 atom stereocenters. The Bertz CT molecular complexity index is 2940. The second-order valence-corrected chi connectivity index (χ2v) is 21.9. The molecule has 0 nitrogen and oxygen atoms in total. The van der Waals surface area contributed by atoms with Crippen molar-refractivity contribution >= 4 is 18.5 Å². The minimum Gasteiger partial charge on any atom is -0.0845 e. The van der Waals surface area contributed by atoms with Crippen molar-refractivity contribution in [2.45, 2.75) is 97.1 Å². The zero-order chi connectivity index (χ0) is 48.8. The van der Waals surface area contributed by atoms with Gasteiger partial charge in [0.25, 0.3) is 0 Å². The molecule has 7 aromatic rings. The van der Waals surface area contributed by atoms with Crippen LogP contribution in [0.5, 0.6) is 0 Å². The largest absolute Gasteiger partial charge is 0.0845 e. The van der Waals surface area contributed by atoms with Crippen LogP contribution in [-0.2, 0) is 25.4 Å². The Hall–Kier alpha value is -6.59. The van der Waals surface area contributed by atoms with E-state index in [2.05, 4.69) is 258 Å². The van der Waals surface area contributed by atoms with E-state index in [1.54, 1.807) is 0 Å². The molecule has 2 aliphatic carbocycles. The van der Waals surface area contributed by atoms with Crippen LogP contribution < -0.4 is 10.6 Å². The van der Waals surface area contributed by atoms with E-state index < -0.39 is 7.92 Å². The minimum atomic E-state index is -0.754. The SMILES string of the molecule is C/C=C(\C=C/CC)C(Cc1cc(C)cc(CC(c2ccccc2)c2ccccc2)c1-c1c(CC(C2=CCCC=C2)c2ccccc2)cc(C)cc1CP(c1ccccc1)c1ccccc1)C1=CC=CCC1. The topological polar surface area (TPSA) is 0 Å². The maximum absolute atomic E-state index is 2.58. The number of aryl methyl sites for hydroxylation is 2. The molecule has 356 valence electrons. The predicted octanol–water partition coefficient (Wildman–Crippen LogP) is 17.9. The van der Waals surface area contributed by atoms with E-state index in [0.29, 0.717) is 0 Å².